The minimum atomic E-state index is 0.434. The van der Waals surface area contributed by atoms with Gasteiger partial charge in [0.05, 0.1) is 6.04 Å². The quantitative estimate of drug-likeness (QED) is 0.865. The number of aromatic nitrogens is 1. The average molecular weight is 310 g/mol. The highest BCUT2D eigenvalue weighted by Gasteiger charge is 2.33. The Morgan fingerprint density at radius 3 is 2.71 bits per heavy atom. The van der Waals surface area contributed by atoms with E-state index >= 15 is 0 Å². The minimum absolute atomic E-state index is 0.434. The monoisotopic (exact) mass is 309 g/mol. The van der Waals surface area contributed by atoms with Gasteiger partial charge in [0.1, 0.15) is 5.01 Å². The lowest BCUT2D eigenvalue weighted by molar-refractivity contribution is 0.0597. The molecule has 1 N–H and O–H groups in total. The van der Waals surface area contributed by atoms with Gasteiger partial charge in [-0.05, 0) is 25.7 Å². The Kier molecular flexibility index (Phi) is 6.20. The zero-order chi connectivity index (χ0) is 15.4. The molecule has 2 rings (SSSR count). The van der Waals surface area contributed by atoms with Gasteiger partial charge in [-0.3, -0.25) is 4.90 Å². The van der Waals surface area contributed by atoms with E-state index in [1.165, 1.54) is 22.7 Å². The lowest BCUT2D eigenvalue weighted by Crippen LogP contribution is -2.58. The normalized spacial score (nSPS) is 25.4. The highest BCUT2D eigenvalue weighted by Crippen LogP contribution is 2.30. The molecule has 21 heavy (non-hydrogen) atoms. The van der Waals surface area contributed by atoms with Crippen molar-refractivity contribution in [2.24, 2.45) is 5.92 Å². The first kappa shape index (κ1) is 16.9. The van der Waals surface area contributed by atoms with Crippen molar-refractivity contribution < 1.29 is 0 Å². The second kappa shape index (κ2) is 7.70. The molecule has 0 aliphatic carbocycles. The fourth-order valence-corrected chi connectivity index (χ4v) is 4.22. The molecular weight excluding hydrogens is 278 g/mol. The Bertz CT molecular complexity index is 429. The van der Waals surface area contributed by atoms with Crippen LogP contribution in [0.4, 0.5) is 0 Å². The Morgan fingerprint density at radius 2 is 2.14 bits per heavy atom. The molecule has 0 bridgehead atoms. The lowest BCUT2D eigenvalue weighted by Gasteiger charge is -2.45. The standard InChI is InChI=1S/C17H31N3S/c1-6-8-14-11-20(16(10-18-14)12(3)4)13(5)17-19-9-15(7-2)21-17/h9,12-14,16,18H,6-8,10-11H2,1-5H3. The van der Waals surface area contributed by atoms with Gasteiger partial charge in [-0.2, -0.15) is 0 Å². The smallest absolute Gasteiger partial charge is 0.110 e. The molecule has 1 aromatic heterocycles. The van der Waals surface area contributed by atoms with E-state index in [9.17, 15) is 0 Å². The summed E-state index contributed by atoms with van der Waals surface area (Å²) >= 11 is 1.89. The molecule has 3 atom stereocenters. The van der Waals surface area contributed by atoms with Gasteiger partial charge in [-0.15, -0.1) is 11.3 Å². The fraction of sp³-hybridized carbons (Fsp3) is 0.824. The van der Waals surface area contributed by atoms with Gasteiger partial charge in [0.25, 0.3) is 0 Å². The molecule has 3 unspecified atom stereocenters. The van der Waals surface area contributed by atoms with E-state index in [4.69, 9.17) is 0 Å². The molecule has 1 aliphatic rings. The van der Waals surface area contributed by atoms with Crippen LogP contribution in [0.3, 0.4) is 0 Å². The third-order valence-corrected chi connectivity index (χ3v) is 5.97. The molecule has 3 nitrogen and oxygen atoms in total. The summed E-state index contributed by atoms with van der Waals surface area (Å²) in [5.74, 6) is 0.674. The summed E-state index contributed by atoms with van der Waals surface area (Å²) in [6, 6.07) is 1.68. The Labute approximate surface area is 134 Å². The third kappa shape index (κ3) is 4.05. The van der Waals surface area contributed by atoms with E-state index in [2.05, 4.69) is 56.0 Å². The number of nitrogens with zero attached hydrogens (tertiary/aromatic N) is 2. The summed E-state index contributed by atoms with van der Waals surface area (Å²) in [4.78, 5) is 8.78. The topological polar surface area (TPSA) is 28.2 Å². The first-order valence-corrected chi connectivity index (χ1v) is 9.32. The van der Waals surface area contributed by atoms with Crippen molar-refractivity contribution in [2.45, 2.75) is 72.0 Å². The molecule has 0 saturated carbocycles. The predicted octanol–water partition coefficient (Wildman–Crippen LogP) is 3.87. The number of nitrogens with one attached hydrogen (secondary N) is 1. The van der Waals surface area contributed by atoms with Crippen LogP contribution in [0.15, 0.2) is 6.20 Å². The van der Waals surface area contributed by atoms with E-state index in [-0.39, 0.29) is 0 Å². The van der Waals surface area contributed by atoms with Gasteiger partial charge in [0, 0.05) is 36.2 Å². The van der Waals surface area contributed by atoms with Gasteiger partial charge < -0.3 is 5.32 Å². The van der Waals surface area contributed by atoms with E-state index in [0.717, 1.165) is 19.5 Å². The summed E-state index contributed by atoms with van der Waals surface area (Å²) in [6.07, 6.45) is 5.68. The van der Waals surface area contributed by atoms with Crippen LogP contribution >= 0.6 is 11.3 Å². The molecule has 1 aliphatic heterocycles. The second-order valence-electron chi connectivity index (χ2n) is 6.60. The van der Waals surface area contributed by atoms with E-state index in [1.54, 1.807) is 0 Å². The summed E-state index contributed by atoms with van der Waals surface area (Å²) in [5.41, 5.74) is 0. The molecule has 4 heteroatoms. The molecule has 2 heterocycles. The maximum absolute atomic E-state index is 4.68. The van der Waals surface area contributed by atoms with Crippen LogP contribution in [0.1, 0.15) is 63.4 Å². The van der Waals surface area contributed by atoms with Crippen LogP contribution in [-0.2, 0) is 6.42 Å². The molecule has 1 aromatic rings. The van der Waals surface area contributed by atoms with Crippen molar-refractivity contribution in [1.82, 2.24) is 15.2 Å². The van der Waals surface area contributed by atoms with Gasteiger partial charge in [0.2, 0.25) is 0 Å². The number of thiazole rings is 1. The summed E-state index contributed by atoms with van der Waals surface area (Å²) in [6.45, 7) is 13.8. The predicted molar refractivity (Wildman–Crippen MR) is 91.9 cm³/mol. The van der Waals surface area contributed by atoms with Crippen LogP contribution in [-0.4, -0.2) is 35.1 Å². The zero-order valence-electron chi connectivity index (χ0n) is 14.2. The minimum Gasteiger partial charge on any atom is -0.311 e. The van der Waals surface area contributed by atoms with Crippen molar-refractivity contribution in [1.29, 1.82) is 0 Å². The maximum Gasteiger partial charge on any atom is 0.110 e. The number of piperazine rings is 1. The molecule has 1 saturated heterocycles. The largest absolute Gasteiger partial charge is 0.311 e. The molecule has 120 valence electrons. The molecule has 0 aromatic carbocycles. The van der Waals surface area contributed by atoms with E-state index < -0.39 is 0 Å². The molecular formula is C17H31N3S. The second-order valence-corrected chi connectivity index (χ2v) is 7.74. The molecule has 1 fully saturated rings. The average Bonchev–Trinajstić information content (AvgIpc) is 2.95. The van der Waals surface area contributed by atoms with E-state index in [1.807, 2.05) is 11.3 Å². The van der Waals surface area contributed by atoms with Crippen LogP contribution < -0.4 is 5.32 Å². The Hall–Kier alpha value is -0.450. The summed E-state index contributed by atoms with van der Waals surface area (Å²) in [7, 11) is 0. The van der Waals surface area contributed by atoms with Gasteiger partial charge in [-0.1, -0.05) is 34.1 Å². The van der Waals surface area contributed by atoms with Gasteiger partial charge >= 0.3 is 0 Å². The van der Waals surface area contributed by atoms with E-state index in [0.29, 0.717) is 24.0 Å². The highest BCUT2D eigenvalue weighted by molar-refractivity contribution is 7.11. The van der Waals surface area contributed by atoms with Crippen molar-refractivity contribution >= 4 is 11.3 Å². The van der Waals surface area contributed by atoms with Crippen molar-refractivity contribution in [2.75, 3.05) is 13.1 Å². The first-order chi connectivity index (χ1) is 10.1. The van der Waals surface area contributed by atoms with Crippen LogP contribution in [0.5, 0.6) is 0 Å². The molecule has 0 radical (unpaired) electrons. The summed E-state index contributed by atoms with van der Waals surface area (Å²) < 4.78 is 0. The maximum atomic E-state index is 4.68. The van der Waals surface area contributed by atoms with Crippen LogP contribution in [0.25, 0.3) is 0 Å². The summed E-state index contributed by atoms with van der Waals surface area (Å²) in [5, 5.41) is 5.03. The number of hydrogen-bond donors (Lipinski definition) is 1. The highest BCUT2D eigenvalue weighted by atomic mass is 32.1. The van der Waals surface area contributed by atoms with Crippen LogP contribution in [0, 0.1) is 5.92 Å². The first-order valence-electron chi connectivity index (χ1n) is 8.50. The Morgan fingerprint density at radius 1 is 1.38 bits per heavy atom. The number of hydrogen-bond acceptors (Lipinski definition) is 4. The lowest BCUT2D eigenvalue weighted by atomic mass is 9.95. The fourth-order valence-electron chi connectivity index (χ4n) is 3.29. The van der Waals surface area contributed by atoms with Crippen molar-refractivity contribution in [3.63, 3.8) is 0 Å². The van der Waals surface area contributed by atoms with Crippen molar-refractivity contribution in [3.8, 4) is 0 Å². The number of rotatable bonds is 6. The molecule has 0 spiro atoms. The zero-order valence-corrected chi connectivity index (χ0v) is 15.0. The van der Waals surface area contributed by atoms with Gasteiger partial charge in [0.15, 0.2) is 0 Å². The molecule has 0 amide bonds. The van der Waals surface area contributed by atoms with Crippen molar-refractivity contribution in [3.05, 3.63) is 16.1 Å². The number of aryl methyl sites for hydroxylation is 1. The van der Waals surface area contributed by atoms with Crippen LogP contribution in [0.2, 0.25) is 0 Å². The third-order valence-electron chi connectivity index (χ3n) is 4.65. The SMILES string of the molecule is CCCC1CN(C(C)c2ncc(CC)s2)C(C(C)C)CN1. The van der Waals surface area contributed by atoms with Gasteiger partial charge in [-0.25, -0.2) is 4.98 Å². The Balaban J connectivity index is 2.13.